The van der Waals surface area contributed by atoms with Crippen molar-refractivity contribution < 1.29 is 0 Å². The van der Waals surface area contributed by atoms with Crippen LogP contribution in [-0.2, 0) is 0 Å². The van der Waals surface area contributed by atoms with Crippen LogP contribution < -0.4 is 5.73 Å². The van der Waals surface area contributed by atoms with Crippen molar-refractivity contribution in [2.45, 2.75) is 25.4 Å². The van der Waals surface area contributed by atoms with Crippen LogP contribution in [0.2, 0.25) is 0 Å². The highest BCUT2D eigenvalue weighted by Crippen LogP contribution is 2.01. The van der Waals surface area contributed by atoms with E-state index in [0.717, 1.165) is 16.7 Å². The molecule has 2 N–H and O–H groups in total. The van der Waals surface area contributed by atoms with Gasteiger partial charge in [-0.2, -0.15) is 0 Å². The Kier molecular flexibility index (Phi) is 2.54. The molecule has 2 heteroatoms. The van der Waals surface area contributed by atoms with Gasteiger partial charge in [-0.25, -0.2) is 0 Å². The predicted octanol–water partition coefficient (Wildman–Crippen LogP) is -0.359. The molecule has 7 heavy (non-hydrogen) atoms. The standard InChI is InChI=1S/C5H14NSi/c1-3-5(6,7)4-2/h3H,4,6H2,1-2,7H3. The molecule has 1 atom stereocenters. The van der Waals surface area contributed by atoms with Gasteiger partial charge in [0.15, 0.2) is 0 Å². The van der Waals surface area contributed by atoms with Gasteiger partial charge in [-0.15, -0.1) is 0 Å². The van der Waals surface area contributed by atoms with Crippen LogP contribution in [0, 0.1) is 6.42 Å². The minimum Gasteiger partial charge on any atom is -0.328 e. The Bertz CT molecular complexity index is 46.0. The van der Waals surface area contributed by atoms with Crippen LogP contribution in [0.25, 0.3) is 0 Å². The summed E-state index contributed by atoms with van der Waals surface area (Å²) < 4.78 is 0. The molecule has 0 aromatic carbocycles. The molecule has 0 aliphatic rings. The fraction of sp³-hybridized carbons (Fsp3) is 0.800. The lowest BCUT2D eigenvalue weighted by Gasteiger charge is -2.18. The Hall–Kier alpha value is 0.177. The van der Waals surface area contributed by atoms with Gasteiger partial charge in [0.2, 0.25) is 0 Å². The van der Waals surface area contributed by atoms with E-state index in [0.29, 0.717) is 0 Å². The molecule has 0 aromatic rings. The second-order valence-corrected chi connectivity index (χ2v) is 4.01. The van der Waals surface area contributed by atoms with Crippen LogP contribution in [0.3, 0.4) is 0 Å². The first kappa shape index (κ1) is 7.18. The summed E-state index contributed by atoms with van der Waals surface area (Å²) in [5, 5.41) is 0.0972. The first-order valence-electron chi connectivity index (χ1n) is 2.72. The van der Waals surface area contributed by atoms with Gasteiger partial charge < -0.3 is 5.73 Å². The largest absolute Gasteiger partial charge is 0.328 e. The molecule has 0 aromatic heterocycles. The molecule has 43 valence electrons. The fourth-order valence-electron chi connectivity index (χ4n) is 0.204. The summed E-state index contributed by atoms with van der Waals surface area (Å²) in [7, 11) is 1.07. The molecule has 0 saturated carbocycles. The highest BCUT2D eigenvalue weighted by Gasteiger charge is 2.10. The number of nitrogens with two attached hydrogens (primary N) is 1. The van der Waals surface area contributed by atoms with Crippen molar-refractivity contribution in [3.63, 3.8) is 0 Å². The summed E-state index contributed by atoms with van der Waals surface area (Å²) in [5.41, 5.74) is 5.72. The van der Waals surface area contributed by atoms with E-state index >= 15 is 0 Å². The van der Waals surface area contributed by atoms with Gasteiger partial charge in [-0.1, -0.05) is 13.8 Å². The van der Waals surface area contributed by atoms with Crippen molar-refractivity contribution in [3.05, 3.63) is 6.42 Å². The highest BCUT2D eigenvalue weighted by atomic mass is 28.1. The molecule has 0 fully saturated rings. The summed E-state index contributed by atoms with van der Waals surface area (Å²) in [6.07, 6.45) is 3.16. The Labute approximate surface area is 48.7 Å². The third kappa shape index (κ3) is 2.82. The van der Waals surface area contributed by atoms with Gasteiger partial charge in [-0.3, -0.25) is 0 Å². The maximum Gasteiger partial charge on any atom is 0.0281 e. The van der Waals surface area contributed by atoms with Gasteiger partial charge >= 0.3 is 0 Å². The molecule has 0 heterocycles. The minimum atomic E-state index is 0.0972. The van der Waals surface area contributed by atoms with Gasteiger partial charge in [0, 0.05) is 15.4 Å². The molecule has 1 nitrogen and oxygen atoms in total. The zero-order chi connectivity index (χ0) is 5.91. The summed E-state index contributed by atoms with van der Waals surface area (Å²) >= 11 is 0. The Morgan fingerprint density at radius 3 is 2.29 bits per heavy atom. The smallest absolute Gasteiger partial charge is 0.0281 e. The number of hydrogen-bond acceptors (Lipinski definition) is 1. The second-order valence-electron chi connectivity index (χ2n) is 2.15. The van der Waals surface area contributed by atoms with Crippen molar-refractivity contribution in [1.29, 1.82) is 0 Å². The van der Waals surface area contributed by atoms with Crippen LogP contribution in [-0.4, -0.2) is 15.4 Å². The summed E-state index contributed by atoms with van der Waals surface area (Å²) in [6, 6.07) is 0. The van der Waals surface area contributed by atoms with E-state index in [1.54, 1.807) is 0 Å². The zero-order valence-corrected chi connectivity index (χ0v) is 7.36. The van der Waals surface area contributed by atoms with Crippen molar-refractivity contribution in [2.75, 3.05) is 0 Å². The summed E-state index contributed by atoms with van der Waals surface area (Å²) in [6.45, 7) is 4.14. The van der Waals surface area contributed by atoms with Crippen LogP contribution in [0.5, 0.6) is 0 Å². The normalized spacial score (nSPS) is 12.4. The summed E-state index contributed by atoms with van der Waals surface area (Å²) in [4.78, 5) is 0. The maximum absolute atomic E-state index is 5.72. The SMILES string of the molecule is C[CH]C(N)([SiH3])CC. The van der Waals surface area contributed by atoms with E-state index < -0.39 is 0 Å². The lowest BCUT2D eigenvalue weighted by Crippen LogP contribution is -2.38. The molecule has 1 radical (unpaired) electrons. The fourth-order valence-corrected chi connectivity index (χ4v) is 0.204. The summed E-state index contributed by atoms with van der Waals surface area (Å²) in [5.74, 6) is 0. The van der Waals surface area contributed by atoms with Crippen molar-refractivity contribution in [3.8, 4) is 0 Å². The second kappa shape index (κ2) is 2.48. The van der Waals surface area contributed by atoms with Gasteiger partial charge in [0.1, 0.15) is 0 Å². The molecular formula is C5H14NSi. The lowest BCUT2D eigenvalue weighted by molar-refractivity contribution is 0.658. The average molecular weight is 116 g/mol. The molecule has 0 amide bonds. The Morgan fingerprint density at radius 1 is 1.86 bits per heavy atom. The Balaban J connectivity index is 3.36. The lowest BCUT2D eigenvalue weighted by atomic mass is 10.2. The van der Waals surface area contributed by atoms with E-state index in [-0.39, 0.29) is 5.16 Å². The molecule has 0 saturated heterocycles. The van der Waals surface area contributed by atoms with Crippen LogP contribution in [0.1, 0.15) is 20.3 Å². The van der Waals surface area contributed by atoms with Crippen LogP contribution in [0.15, 0.2) is 0 Å². The molecule has 0 bridgehead atoms. The molecule has 1 unspecified atom stereocenters. The van der Waals surface area contributed by atoms with Gasteiger partial charge in [-0.05, 0) is 12.8 Å². The van der Waals surface area contributed by atoms with E-state index in [1.807, 2.05) is 6.92 Å². The van der Waals surface area contributed by atoms with Crippen LogP contribution >= 0.6 is 0 Å². The molecule has 0 aliphatic heterocycles. The van der Waals surface area contributed by atoms with E-state index in [2.05, 4.69) is 13.3 Å². The molecular weight excluding hydrogens is 102 g/mol. The molecule has 0 aliphatic carbocycles. The maximum atomic E-state index is 5.72. The highest BCUT2D eigenvalue weighted by molar-refractivity contribution is 6.16. The van der Waals surface area contributed by atoms with Crippen molar-refractivity contribution in [2.24, 2.45) is 5.73 Å². The van der Waals surface area contributed by atoms with Crippen molar-refractivity contribution >= 4 is 10.2 Å². The monoisotopic (exact) mass is 116 g/mol. The van der Waals surface area contributed by atoms with E-state index in [4.69, 9.17) is 5.73 Å². The third-order valence-electron chi connectivity index (χ3n) is 1.42. The average Bonchev–Trinajstić information content (AvgIpc) is 1.68. The van der Waals surface area contributed by atoms with Crippen LogP contribution in [0.4, 0.5) is 0 Å². The topological polar surface area (TPSA) is 26.0 Å². The van der Waals surface area contributed by atoms with E-state index in [1.165, 1.54) is 0 Å². The zero-order valence-electron chi connectivity index (χ0n) is 5.36. The van der Waals surface area contributed by atoms with Gasteiger partial charge in [0.05, 0.1) is 0 Å². The number of hydrogen-bond donors (Lipinski definition) is 1. The first-order chi connectivity index (χ1) is 3.12. The molecule has 0 rings (SSSR count). The first-order valence-corrected chi connectivity index (χ1v) is 3.72. The Morgan fingerprint density at radius 2 is 2.29 bits per heavy atom. The minimum absolute atomic E-state index is 0.0972. The number of rotatable bonds is 2. The quantitative estimate of drug-likeness (QED) is 0.490. The van der Waals surface area contributed by atoms with Crippen molar-refractivity contribution in [1.82, 2.24) is 0 Å². The van der Waals surface area contributed by atoms with E-state index in [9.17, 15) is 0 Å². The predicted molar refractivity (Wildman–Crippen MR) is 37.1 cm³/mol. The molecule has 0 spiro atoms. The third-order valence-corrected chi connectivity index (χ3v) is 2.71. The van der Waals surface area contributed by atoms with Gasteiger partial charge in [0.25, 0.3) is 0 Å².